The van der Waals surface area contributed by atoms with E-state index < -0.39 is 28.8 Å². The van der Waals surface area contributed by atoms with Gasteiger partial charge in [0.15, 0.2) is 0 Å². The van der Waals surface area contributed by atoms with Gasteiger partial charge in [0.05, 0.1) is 24.2 Å². The summed E-state index contributed by atoms with van der Waals surface area (Å²) in [7, 11) is 0. The van der Waals surface area contributed by atoms with E-state index in [1.165, 1.54) is 18.3 Å². The van der Waals surface area contributed by atoms with Crippen LogP contribution in [0.15, 0.2) is 65.6 Å². The van der Waals surface area contributed by atoms with Crippen molar-refractivity contribution in [1.29, 1.82) is 0 Å². The minimum absolute atomic E-state index is 0.269. The summed E-state index contributed by atoms with van der Waals surface area (Å²) in [5.41, 5.74) is 0.842. The first-order valence-electron chi connectivity index (χ1n) is 9.35. The molecular weight excluding hydrogens is 387 g/mol. The third-order valence-electron chi connectivity index (χ3n) is 4.91. The second-order valence-electron chi connectivity index (χ2n) is 6.97. The van der Waals surface area contributed by atoms with Crippen molar-refractivity contribution in [3.63, 3.8) is 0 Å². The number of fused-ring (bicyclic) bond motifs is 1. The molecular formula is C22H19FN4O3. The normalized spacial score (nSPS) is 12.1. The molecule has 0 bridgehead atoms. The minimum Gasteiger partial charge on any atom is -0.506 e. The van der Waals surface area contributed by atoms with Crippen LogP contribution in [-0.4, -0.2) is 25.8 Å². The van der Waals surface area contributed by atoms with Gasteiger partial charge in [-0.15, -0.1) is 0 Å². The molecule has 30 heavy (non-hydrogen) atoms. The first-order chi connectivity index (χ1) is 14.4. The van der Waals surface area contributed by atoms with Gasteiger partial charge in [-0.3, -0.25) is 9.59 Å². The first kappa shape index (κ1) is 19.4. The van der Waals surface area contributed by atoms with Gasteiger partial charge in [-0.1, -0.05) is 42.5 Å². The fraction of sp³-hybridized carbons (Fsp3) is 0.136. The lowest BCUT2D eigenvalue weighted by Gasteiger charge is -2.15. The number of H-pyrrole nitrogens is 1. The summed E-state index contributed by atoms with van der Waals surface area (Å²) in [6.07, 6.45) is 1.41. The van der Waals surface area contributed by atoms with Crippen molar-refractivity contribution in [3.8, 4) is 5.75 Å². The van der Waals surface area contributed by atoms with Crippen LogP contribution < -0.4 is 10.9 Å². The molecule has 0 spiro atoms. The van der Waals surface area contributed by atoms with Crippen molar-refractivity contribution in [3.05, 3.63) is 93.7 Å². The third-order valence-corrected chi connectivity index (χ3v) is 4.91. The number of nitrogens with one attached hydrogen (secondary N) is 2. The van der Waals surface area contributed by atoms with Crippen LogP contribution in [0.2, 0.25) is 0 Å². The third kappa shape index (κ3) is 3.67. The maximum atomic E-state index is 13.1. The molecule has 0 aliphatic heterocycles. The second kappa shape index (κ2) is 7.82. The molecule has 2 aromatic carbocycles. The van der Waals surface area contributed by atoms with Gasteiger partial charge >= 0.3 is 0 Å². The standard InChI is InChI=1S/C22H19FN4O3/c1-13(15-7-9-16(23)10-8-15)25-21(29)18-19(28)17-11-24-27(20(17)26-22(18)30)12-14-5-3-2-4-6-14/h2-11,13H,12H2,1H3,(H,25,29)(H2,26,28,30)/t13-/m0/s1. The summed E-state index contributed by atoms with van der Waals surface area (Å²) in [5.74, 6) is -1.55. The van der Waals surface area contributed by atoms with E-state index in [4.69, 9.17) is 0 Å². The lowest BCUT2D eigenvalue weighted by Crippen LogP contribution is -2.31. The molecule has 0 saturated carbocycles. The number of carbonyl (C=O) groups excluding carboxylic acids is 1. The van der Waals surface area contributed by atoms with Crippen molar-refractivity contribution in [1.82, 2.24) is 20.1 Å². The van der Waals surface area contributed by atoms with Crippen molar-refractivity contribution in [2.24, 2.45) is 0 Å². The van der Waals surface area contributed by atoms with Gasteiger partial charge < -0.3 is 15.4 Å². The van der Waals surface area contributed by atoms with Gasteiger partial charge in [-0.2, -0.15) is 5.10 Å². The molecule has 2 aromatic heterocycles. The van der Waals surface area contributed by atoms with E-state index in [2.05, 4.69) is 15.4 Å². The SMILES string of the molecule is C[C@H](NC(=O)c1c(O)c2cnn(Cc3ccccc3)c2[nH]c1=O)c1ccc(F)cc1. The van der Waals surface area contributed by atoms with E-state index in [0.717, 1.165) is 5.56 Å². The Morgan fingerprint density at radius 1 is 1.20 bits per heavy atom. The highest BCUT2D eigenvalue weighted by Gasteiger charge is 2.23. The molecule has 0 radical (unpaired) electrons. The number of carbonyl (C=O) groups is 1. The molecule has 0 unspecified atom stereocenters. The number of aromatic hydroxyl groups is 1. The lowest BCUT2D eigenvalue weighted by atomic mass is 10.1. The van der Waals surface area contributed by atoms with Gasteiger partial charge in [0.1, 0.15) is 22.8 Å². The lowest BCUT2D eigenvalue weighted by molar-refractivity contribution is 0.0936. The molecule has 1 atom stereocenters. The fourth-order valence-electron chi connectivity index (χ4n) is 3.29. The van der Waals surface area contributed by atoms with E-state index >= 15 is 0 Å². The maximum absolute atomic E-state index is 13.1. The van der Waals surface area contributed by atoms with Gasteiger partial charge in [0.25, 0.3) is 11.5 Å². The topological polar surface area (TPSA) is 100 Å². The van der Waals surface area contributed by atoms with Crippen molar-refractivity contribution in [2.75, 3.05) is 0 Å². The summed E-state index contributed by atoms with van der Waals surface area (Å²) in [6.45, 7) is 2.10. The molecule has 0 aliphatic carbocycles. The number of rotatable bonds is 5. The Bertz CT molecular complexity index is 1260. The Kier molecular flexibility index (Phi) is 5.05. The average Bonchev–Trinajstić information content (AvgIpc) is 3.12. The summed E-state index contributed by atoms with van der Waals surface area (Å²) < 4.78 is 14.6. The molecule has 2 heterocycles. The maximum Gasteiger partial charge on any atom is 0.266 e. The zero-order chi connectivity index (χ0) is 21.3. The monoisotopic (exact) mass is 406 g/mol. The fourth-order valence-corrected chi connectivity index (χ4v) is 3.29. The Balaban J connectivity index is 1.64. The minimum atomic E-state index is -0.733. The van der Waals surface area contributed by atoms with Gasteiger partial charge in [-0.25, -0.2) is 9.07 Å². The number of aromatic nitrogens is 3. The van der Waals surface area contributed by atoms with Gasteiger partial charge in [-0.05, 0) is 30.2 Å². The molecule has 1 amide bonds. The predicted octanol–water partition coefficient (Wildman–Crippen LogP) is 3.11. The number of amides is 1. The second-order valence-corrected chi connectivity index (χ2v) is 6.97. The zero-order valence-corrected chi connectivity index (χ0v) is 16.1. The van der Waals surface area contributed by atoms with Crippen LogP contribution in [0.25, 0.3) is 11.0 Å². The van der Waals surface area contributed by atoms with Gasteiger partial charge in [0, 0.05) is 0 Å². The van der Waals surface area contributed by atoms with E-state index in [0.29, 0.717) is 17.8 Å². The molecule has 3 N–H and O–H groups in total. The first-order valence-corrected chi connectivity index (χ1v) is 9.35. The molecule has 0 saturated heterocycles. The van der Waals surface area contributed by atoms with Crippen LogP contribution in [-0.2, 0) is 6.54 Å². The van der Waals surface area contributed by atoms with E-state index in [1.54, 1.807) is 23.7 Å². The Morgan fingerprint density at radius 3 is 2.60 bits per heavy atom. The van der Waals surface area contributed by atoms with E-state index in [-0.39, 0.29) is 11.2 Å². The van der Waals surface area contributed by atoms with E-state index in [9.17, 15) is 19.1 Å². The number of halogens is 1. The molecule has 7 nitrogen and oxygen atoms in total. The van der Waals surface area contributed by atoms with Crippen LogP contribution in [0.5, 0.6) is 5.75 Å². The number of nitrogens with zero attached hydrogens (tertiary/aromatic N) is 2. The Labute approximate surface area is 170 Å². The molecule has 4 aromatic rings. The quantitative estimate of drug-likeness (QED) is 0.474. The predicted molar refractivity (Wildman–Crippen MR) is 110 cm³/mol. The van der Waals surface area contributed by atoms with E-state index in [1.807, 2.05) is 30.3 Å². The largest absolute Gasteiger partial charge is 0.506 e. The zero-order valence-electron chi connectivity index (χ0n) is 16.1. The van der Waals surface area contributed by atoms with Crippen molar-refractivity contribution >= 4 is 16.9 Å². The summed E-state index contributed by atoms with van der Waals surface area (Å²) in [6, 6.07) is 14.7. The number of pyridine rings is 1. The number of hydrogen-bond acceptors (Lipinski definition) is 4. The highest BCUT2D eigenvalue weighted by Crippen LogP contribution is 2.25. The van der Waals surface area contributed by atoms with Crippen molar-refractivity contribution < 1.29 is 14.3 Å². The Hall–Kier alpha value is -3.94. The smallest absolute Gasteiger partial charge is 0.266 e. The Morgan fingerprint density at radius 2 is 1.90 bits per heavy atom. The molecule has 4 rings (SSSR count). The van der Waals surface area contributed by atoms with Crippen LogP contribution in [0.3, 0.4) is 0 Å². The number of hydrogen-bond donors (Lipinski definition) is 3. The highest BCUT2D eigenvalue weighted by molar-refractivity contribution is 6.01. The van der Waals surface area contributed by atoms with Crippen LogP contribution in [0.4, 0.5) is 4.39 Å². The summed E-state index contributed by atoms with van der Waals surface area (Å²) >= 11 is 0. The van der Waals surface area contributed by atoms with Gasteiger partial charge in [0.2, 0.25) is 0 Å². The highest BCUT2D eigenvalue weighted by atomic mass is 19.1. The molecule has 0 fully saturated rings. The number of aromatic amines is 1. The summed E-state index contributed by atoms with van der Waals surface area (Å²) in [4.78, 5) is 27.9. The molecule has 8 heteroatoms. The number of benzene rings is 2. The van der Waals surface area contributed by atoms with Crippen LogP contribution in [0.1, 0.15) is 34.5 Å². The average molecular weight is 406 g/mol. The molecule has 0 aliphatic rings. The van der Waals surface area contributed by atoms with Crippen molar-refractivity contribution in [2.45, 2.75) is 19.5 Å². The summed E-state index contributed by atoms with van der Waals surface area (Å²) in [5, 5.41) is 17.8. The van der Waals surface area contributed by atoms with Crippen LogP contribution >= 0.6 is 0 Å². The molecule has 152 valence electrons. The van der Waals surface area contributed by atoms with Crippen LogP contribution in [0, 0.1) is 5.82 Å².